The first-order chi connectivity index (χ1) is 13.6. The quantitative estimate of drug-likeness (QED) is 0.649. The normalized spacial score (nSPS) is 16.2. The molecule has 0 spiro atoms. The first-order valence-electron chi connectivity index (χ1n) is 8.96. The van der Waals surface area contributed by atoms with Crippen molar-refractivity contribution in [2.75, 3.05) is 20.2 Å². The number of ether oxygens (including phenoxy) is 1. The van der Waals surface area contributed by atoms with Crippen LogP contribution in [0, 0.1) is 0 Å². The maximum absolute atomic E-state index is 12.9. The van der Waals surface area contributed by atoms with Gasteiger partial charge in [-0.1, -0.05) is 11.2 Å². The van der Waals surface area contributed by atoms with Crippen LogP contribution in [0.3, 0.4) is 0 Å². The minimum Gasteiger partial charge on any atom is -0.497 e. The average Bonchev–Trinajstić information content (AvgIpc) is 3.25. The molecule has 1 saturated heterocycles. The number of benzene rings is 1. The molecule has 3 heterocycles. The van der Waals surface area contributed by atoms with Crippen molar-refractivity contribution in [1.82, 2.24) is 19.4 Å². The highest BCUT2D eigenvalue weighted by molar-refractivity contribution is 7.89. The van der Waals surface area contributed by atoms with Crippen molar-refractivity contribution in [2.24, 2.45) is 0 Å². The molecule has 0 amide bonds. The zero-order valence-corrected chi connectivity index (χ0v) is 16.2. The van der Waals surface area contributed by atoms with Gasteiger partial charge in [-0.3, -0.25) is 4.98 Å². The second kappa shape index (κ2) is 7.69. The van der Waals surface area contributed by atoms with Gasteiger partial charge in [-0.25, -0.2) is 8.42 Å². The monoisotopic (exact) mass is 400 g/mol. The van der Waals surface area contributed by atoms with Crippen LogP contribution in [0.5, 0.6) is 5.75 Å². The number of sulfonamides is 1. The number of pyridine rings is 1. The van der Waals surface area contributed by atoms with E-state index in [0.29, 0.717) is 43.4 Å². The molecule has 0 saturated carbocycles. The molecule has 0 N–H and O–H groups in total. The van der Waals surface area contributed by atoms with E-state index in [4.69, 9.17) is 9.26 Å². The van der Waals surface area contributed by atoms with Crippen LogP contribution in [0.2, 0.25) is 0 Å². The standard InChI is InChI=1S/C19H20N4O4S/c1-26-16-5-2-6-17(12-16)28(24,25)23-10-7-14(8-11-23)19-21-18(22-27-19)15-4-3-9-20-13-15/h2-6,9,12-14H,7-8,10-11H2,1H3. The van der Waals surface area contributed by atoms with E-state index in [1.165, 1.54) is 11.4 Å². The van der Waals surface area contributed by atoms with Crippen molar-refractivity contribution >= 4 is 10.0 Å². The Kier molecular flexibility index (Phi) is 5.10. The van der Waals surface area contributed by atoms with E-state index in [0.717, 1.165) is 5.56 Å². The van der Waals surface area contributed by atoms with E-state index in [1.807, 2.05) is 12.1 Å². The van der Waals surface area contributed by atoms with Gasteiger partial charge in [0.2, 0.25) is 21.7 Å². The summed E-state index contributed by atoms with van der Waals surface area (Å²) in [6.07, 6.45) is 4.61. The van der Waals surface area contributed by atoms with Crippen molar-refractivity contribution in [1.29, 1.82) is 0 Å². The zero-order valence-electron chi connectivity index (χ0n) is 15.4. The van der Waals surface area contributed by atoms with Gasteiger partial charge in [0.05, 0.1) is 12.0 Å². The lowest BCUT2D eigenvalue weighted by atomic mass is 9.98. The van der Waals surface area contributed by atoms with Crippen LogP contribution in [-0.4, -0.2) is 48.0 Å². The van der Waals surface area contributed by atoms with E-state index >= 15 is 0 Å². The number of aromatic nitrogens is 3. The largest absolute Gasteiger partial charge is 0.497 e. The lowest BCUT2D eigenvalue weighted by Gasteiger charge is -2.29. The van der Waals surface area contributed by atoms with Crippen molar-refractivity contribution in [3.05, 3.63) is 54.7 Å². The van der Waals surface area contributed by atoms with Crippen molar-refractivity contribution in [2.45, 2.75) is 23.7 Å². The Hall–Kier alpha value is -2.78. The molecular formula is C19H20N4O4S. The molecule has 1 aromatic carbocycles. The molecule has 28 heavy (non-hydrogen) atoms. The second-order valence-corrected chi connectivity index (χ2v) is 8.49. The third-order valence-corrected chi connectivity index (χ3v) is 6.74. The Labute approximate surface area is 163 Å². The minimum absolute atomic E-state index is 0.0367. The van der Waals surface area contributed by atoms with Gasteiger partial charge < -0.3 is 9.26 Å². The molecule has 3 aromatic rings. The third-order valence-electron chi connectivity index (χ3n) is 4.84. The fraction of sp³-hybridized carbons (Fsp3) is 0.316. The first-order valence-corrected chi connectivity index (χ1v) is 10.4. The van der Waals surface area contributed by atoms with Crippen LogP contribution in [0.15, 0.2) is 58.2 Å². The van der Waals surface area contributed by atoms with E-state index in [9.17, 15) is 8.42 Å². The predicted molar refractivity (Wildman–Crippen MR) is 101 cm³/mol. The Morgan fingerprint density at radius 1 is 1.18 bits per heavy atom. The summed E-state index contributed by atoms with van der Waals surface area (Å²) < 4.78 is 37.9. The van der Waals surface area contributed by atoms with Crippen LogP contribution < -0.4 is 4.74 Å². The molecule has 0 unspecified atom stereocenters. The lowest BCUT2D eigenvalue weighted by Crippen LogP contribution is -2.37. The fourth-order valence-corrected chi connectivity index (χ4v) is 4.77. The minimum atomic E-state index is -3.56. The molecule has 8 nitrogen and oxygen atoms in total. The molecule has 1 aliphatic rings. The van der Waals surface area contributed by atoms with Crippen LogP contribution in [-0.2, 0) is 10.0 Å². The molecule has 146 valence electrons. The Morgan fingerprint density at radius 3 is 2.71 bits per heavy atom. The number of hydrogen-bond donors (Lipinski definition) is 0. The van der Waals surface area contributed by atoms with E-state index in [1.54, 1.807) is 36.7 Å². The second-order valence-electron chi connectivity index (χ2n) is 6.56. The molecule has 1 aliphatic heterocycles. The lowest BCUT2D eigenvalue weighted by molar-refractivity contribution is 0.270. The molecule has 0 radical (unpaired) electrons. The van der Waals surface area contributed by atoms with E-state index < -0.39 is 10.0 Å². The van der Waals surface area contributed by atoms with Gasteiger partial charge >= 0.3 is 0 Å². The highest BCUT2D eigenvalue weighted by atomic mass is 32.2. The van der Waals surface area contributed by atoms with Crippen molar-refractivity contribution in [3.63, 3.8) is 0 Å². The van der Waals surface area contributed by atoms with Gasteiger partial charge in [-0.15, -0.1) is 0 Å². The summed E-state index contributed by atoms with van der Waals surface area (Å²) in [6.45, 7) is 0.795. The Balaban J connectivity index is 1.45. The van der Waals surface area contributed by atoms with Crippen LogP contribution >= 0.6 is 0 Å². The SMILES string of the molecule is COc1cccc(S(=O)(=O)N2CCC(c3nc(-c4cccnc4)no3)CC2)c1. The predicted octanol–water partition coefficient (Wildman–Crippen LogP) is 2.71. The number of rotatable bonds is 5. The molecule has 0 atom stereocenters. The topological polar surface area (TPSA) is 98.4 Å². The molecule has 1 fully saturated rings. The maximum Gasteiger partial charge on any atom is 0.243 e. The van der Waals surface area contributed by atoms with Crippen LogP contribution in [0.4, 0.5) is 0 Å². The van der Waals surface area contributed by atoms with Gasteiger partial charge in [0.1, 0.15) is 5.75 Å². The molecule has 2 aromatic heterocycles. The summed E-state index contributed by atoms with van der Waals surface area (Å²) in [5, 5.41) is 4.02. The highest BCUT2D eigenvalue weighted by Crippen LogP contribution is 2.31. The summed E-state index contributed by atoms with van der Waals surface area (Å²) >= 11 is 0. The van der Waals surface area contributed by atoms with E-state index in [2.05, 4.69) is 15.1 Å². The summed E-state index contributed by atoms with van der Waals surface area (Å²) in [5.74, 6) is 1.59. The fourth-order valence-electron chi connectivity index (χ4n) is 3.27. The Morgan fingerprint density at radius 2 is 2.00 bits per heavy atom. The van der Waals surface area contributed by atoms with Crippen LogP contribution in [0.1, 0.15) is 24.7 Å². The number of nitrogens with zero attached hydrogens (tertiary/aromatic N) is 4. The molecule has 9 heteroatoms. The molecular weight excluding hydrogens is 380 g/mol. The van der Waals surface area contributed by atoms with Crippen molar-refractivity contribution in [3.8, 4) is 17.1 Å². The van der Waals surface area contributed by atoms with Crippen LogP contribution in [0.25, 0.3) is 11.4 Å². The third kappa shape index (κ3) is 3.63. The summed E-state index contributed by atoms with van der Waals surface area (Å²) in [5.41, 5.74) is 0.788. The average molecular weight is 400 g/mol. The number of piperidine rings is 1. The Bertz CT molecular complexity index is 1040. The maximum atomic E-state index is 12.9. The highest BCUT2D eigenvalue weighted by Gasteiger charge is 2.32. The number of methoxy groups -OCH3 is 1. The first kappa shape index (κ1) is 18.6. The summed E-state index contributed by atoms with van der Waals surface area (Å²) in [4.78, 5) is 8.76. The molecule has 0 bridgehead atoms. The van der Waals surface area contributed by atoms with Gasteiger partial charge in [0.15, 0.2) is 0 Å². The van der Waals surface area contributed by atoms with Gasteiger partial charge in [0.25, 0.3) is 0 Å². The summed E-state index contributed by atoms with van der Waals surface area (Å²) in [7, 11) is -2.04. The zero-order chi connectivity index (χ0) is 19.6. The van der Waals surface area contributed by atoms with Gasteiger partial charge in [-0.2, -0.15) is 9.29 Å². The van der Waals surface area contributed by atoms with Gasteiger partial charge in [0, 0.05) is 43.0 Å². The molecule has 0 aliphatic carbocycles. The van der Waals surface area contributed by atoms with Crippen molar-refractivity contribution < 1.29 is 17.7 Å². The number of hydrogen-bond acceptors (Lipinski definition) is 7. The molecule has 4 rings (SSSR count). The van der Waals surface area contributed by atoms with Gasteiger partial charge in [-0.05, 0) is 37.1 Å². The van der Waals surface area contributed by atoms with E-state index in [-0.39, 0.29) is 10.8 Å². The summed E-state index contributed by atoms with van der Waals surface area (Å²) in [6, 6.07) is 10.2. The smallest absolute Gasteiger partial charge is 0.243 e.